The Morgan fingerprint density at radius 2 is 2.00 bits per heavy atom. The Bertz CT molecular complexity index is 434. The quantitative estimate of drug-likeness (QED) is 0.747. The molecule has 1 aliphatic heterocycles. The van der Waals surface area contributed by atoms with Gasteiger partial charge in [-0.05, 0) is 30.7 Å². The van der Waals surface area contributed by atoms with Gasteiger partial charge >= 0.3 is 0 Å². The SMILES string of the molecule is CCCNCc1ccc(N2CCN(CCO)CC2)c(F)c1. The summed E-state index contributed by atoms with van der Waals surface area (Å²) < 4.78 is 14.3. The number of aliphatic hydroxyl groups is 1. The van der Waals surface area contributed by atoms with Gasteiger partial charge in [0.25, 0.3) is 0 Å². The van der Waals surface area contributed by atoms with Crippen molar-refractivity contribution in [2.75, 3.05) is 50.8 Å². The highest BCUT2D eigenvalue weighted by Crippen LogP contribution is 2.22. The average Bonchev–Trinajstić information content (AvgIpc) is 2.49. The highest BCUT2D eigenvalue weighted by atomic mass is 19.1. The van der Waals surface area contributed by atoms with E-state index in [1.165, 1.54) is 0 Å². The zero-order chi connectivity index (χ0) is 15.1. The monoisotopic (exact) mass is 295 g/mol. The van der Waals surface area contributed by atoms with Gasteiger partial charge in [-0.25, -0.2) is 4.39 Å². The lowest BCUT2D eigenvalue weighted by Crippen LogP contribution is -2.47. The molecule has 0 amide bonds. The van der Waals surface area contributed by atoms with Crippen LogP contribution in [0, 0.1) is 5.82 Å². The maximum Gasteiger partial charge on any atom is 0.146 e. The van der Waals surface area contributed by atoms with E-state index in [1.807, 2.05) is 12.1 Å². The van der Waals surface area contributed by atoms with Gasteiger partial charge in [-0.1, -0.05) is 13.0 Å². The molecule has 1 saturated heterocycles. The molecule has 0 saturated carbocycles. The molecule has 1 fully saturated rings. The standard InChI is InChI=1S/C16H26FN3O/c1-2-5-18-13-14-3-4-16(15(17)12-14)20-8-6-19(7-9-20)10-11-21/h3-4,12,18,21H,2,5-11,13H2,1H3. The second kappa shape index (κ2) is 8.32. The van der Waals surface area contributed by atoms with Gasteiger partial charge in [0, 0.05) is 39.3 Å². The fraction of sp³-hybridized carbons (Fsp3) is 0.625. The molecule has 1 heterocycles. The third-order valence-electron chi connectivity index (χ3n) is 3.90. The van der Waals surface area contributed by atoms with Crippen molar-refractivity contribution in [3.05, 3.63) is 29.6 Å². The molecule has 118 valence electrons. The van der Waals surface area contributed by atoms with Gasteiger partial charge in [0.2, 0.25) is 0 Å². The van der Waals surface area contributed by atoms with E-state index in [2.05, 4.69) is 22.0 Å². The Morgan fingerprint density at radius 3 is 2.62 bits per heavy atom. The molecule has 4 nitrogen and oxygen atoms in total. The molecule has 0 radical (unpaired) electrons. The zero-order valence-electron chi connectivity index (χ0n) is 12.8. The average molecular weight is 295 g/mol. The summed E-state index contributed by atoms with van der Waals surface area (Å²) in [4.78, 5) is 4.30. The minimum Gasteiger partial charge on any atom is -0.395 e. The van der Waals surface area contributed by atoms with Crippen LogP contribution in [-0.2, 0) is 6.54 Å². The molecule has 0 unspecified atom stereocenters. The topological polar surface area (TPSA) is 38.7 Å². The van der Waals surface area contributed by atoms with Gasteiger partial charge in [-0.15, -0.1) is 0 Å². The van der Waals surface area contributed by atoms with Gasteiger partial charge in [0.15, 0.2) is 0 Å². The van der Waals surface area contributed by atoms with E-state index < -0.39 is 0 Å². The summed E-state index contributed by atoms with van der Waals surface area (Å²) in [5.41, 5.74) is 1.68. The van der Waals surface area contributed by atoms with Crippen LogP contribution in [-0.4, -0.2) is 55.9 Å². The molecule has 1 aromatic rings. The van der Waals surface area contributed by atoms with Crippen LogP contribution in [0.1, 0.15) is 18.9 Å². The third-order valence-corrected chi connectivity index (χ3v) is 3.90. The molecule has 21 heavy (non-hydrogen) atoms. The van der Waals surface area contributed by atoms with Crippen LogP contribution in [0.2, 0.25) is 0 Å². The molecular weight excluding hydrogens is 269 g/mol. The highest BCUT2D eigenvalue weighted by molar-refractivity contribution is 5.49. The summed E-state index contributed by atoms with van der Waals surface area (Å²) in [6.07, 6.45) is 1.08. The van der Waals surface area contributed by atoms with Crippen LogP contribution in [0.25, 0.3) is 0 Å². The van der Waals surface area contributed by atoms with E-state index in [9.17, 15) is 4.39 Å². The Morgan fingerprint density at radius 1 is 1.24 bits per heavy atom. The van der Waals surface area contributed by atoms with Crippen molar-refractivity contribution < 1.29 is 9.50 Å². The van der Waals surface area contributed by atoms with Gasteiger partial charge in [0.1, 0.15) is 5.82 Å². The second-order valence-electron chi connectivity index (χ2n) is 5.51. The first kappa shape index (κ1) is 16.2. The lowest BCUT2D eigenvalue weighted by Gasteiger charge is -2.36. The molecule has 1 aliphatic rings. The van der Waals surface area contributed by atoms with Crippen LogP contribution >= 0.6 is 0 Å². The molecule has 0 aromatic heterocycles. The minimum absolute atomic E-state index is 0.138. The fourth-order valence-corrected chi connectivity index (χ4v) is 2.68. The Hall–Kier alpha value is -1.17. The van der Waals surface area contributed by atoms with Gasteiger partial charge in [0.05, 0.1) is 12.3 Å². The van der Waals surface area contributed by atoms with Crippen LogP contribution < -0.4 is 10.2 Å². The predicted molar refractivity (Wildman–Crippen MR) is 84.1 cm³/mol. The maximum atomic E-state index is 14.3. The van der Waals surface area contributed by atoms with E-state index in [1.54, 1.807) is 6.07 Å². The normalized spacial score (nSPS) is 16.4. The lowest BCUT2D eigenvalue weighted by molar-refractivity contribution is 0.188. The third kappa shape index (κ3) is 4.66. The summed E-state index contributed by atoms with van der Waals surface area (Å²) in [6.45, 7) is 8.05. The van der Waals surface area contributed by atoms with Crippen LogP contribution in [0.5, 0.6) is 0 Å². The number of piperazine rings is 1. The van der Waals surface area contributed by atoms with Crippen LogP contribution in [0.4, 0.5) is 10.1 Å². The molecule has 2 rings (SSSR count). The van der Waals surface area contributed by atoms with Crippen molar-refractivity contribution in [2.45, 2.75) is 19.9 Å². The molecular formula is C16H26FN3O. The van der Waals surface area contributed by atoms with Gasteiger partial charge < -0.3 is 15.3 Å². The minimum atomic E-state index is -0.138. The summed E-state index contributed by atoms with van der Waals surface area (Å²) >= 11 is 0. The highest BCUT2D eigenvalue weighted by Gasteiger charge is 2.19. The number of rotatable bonds is 7. The molecule has 0 aliphatic carbocycles. The van der Waals surface area contributed by atoms with Crippen molar-refractivity contribution in [2.24, 2.45) is 0 Å². The van der Waals surface area contributed by atoms with Crippen molar-refractivity contribution in [1.82, 2.24) is 10.2 Å². The number of anilines is 1. The molecule has 0 spiro atoms. The molecule has 0 bridgehead atoms. The van der Waals surface area contributed by atoms with Crippen LogP contribution in [0.3, 0.4) is 0 Å². The number of hydrogen-bond acceptors (Lipinski definition) is 4. The Balaban J connectivity index is 1.92. The molecule has 0 atom stereocenters. The molecule has 5 heteroatoms. The number of halogens is 1. The van der Waals surface area contributed by atoms with E-state index in [0.717, 1.165) is 51.3 Å². The first-order valence-electron chi connectivity index (χ1n) is 7.82. The van der Waals surface area contributed by atoms with Crippen molar-refractivity contribution >= 4 is 5.69 Å². The van der Waals surface area contributed by atoms with Crippen LogP contribution in [0.15, 0.2) is 18.2 Å². The Kier molecular flexibility index (Phi) is 6.42. The zero-order valence-corrected chi connectivity index (χ0v) is 12.8. The fourth-order valence-electron chi connectivity index (χ4n) is 2.68. The summed E-state index contributed by atoms with van der Waals surface area (Å²) in [5.74, 6) is -0.138. The molecule has 1 aromatic carbocycles. The van der Waals surface area contributed by atoms with E-state index in [0.29, 0.717) is 12.2 Å². The number of aliphatic hydroxyl groups excluding tert-OH is 1. The molecule has 2 N–H and O–H groups in total. The van der Waals surface area contributed by atoms with Crippen molar-refractivity contribution in [3.8, 4) is 0 Å². The number of hydrogen-bond donors (Lipinski definition) is 2. The number of benzene rings is 1. The van der Waals surface area contributed by atoms with E-state index in [4.69, 9.17) is 5.11 Å². The van der Waals surface area contributed by atoms with Crippen molar-refractivity contribution in [1.29, 1.82) is 0 Å². The summed E-state index contributed by atoms with van der Waals surface area (Å²) in [5, 5.41) is 12.2. The summed E-state index contributed by atoms with van der Waals surface area (Å²) in [6, 6.07) is 5.53. The van der Waals surface area contributed by atoms with Gasteiger partial charge in [-0.3, -0.25) is 4.90 Å². The lowest BCUT2D eigenvalue weighted by atomic mass is 10.1. The summed E-state index contributed by atoms with van der Waals surface area (Å²) in [7, 11) is 0. The first-order chi connectivity index (χ1) is 10.2. The predicted octanol–water partition coefficient (Wildman–Crippen LogP) is 1.44. The largest absolute Gasteiger partial charge is 0.395 e. The Labute approximate surface area is 126 Å². The van der Waals surface area contributed by atoms with Crippen molar-refractivity contribution in [3.63, 3.8) is 0 Å². The van der Waals surface area contributed by atoms with E-state index in [-0.39, 0.29) is 12.4 Å². The second-order valence-corrected chi connectivity index (χ2v) is 5.51. The first-order valence-corrected chi connectivity index (χ1v) is 7.82. The number of nitrogens with zero attached hydrogens (tertiary/aromatic N) is 2. The van der Waals surface area contributed by atoms with E-state index >= 15 is 0 Å². The number of nitrogens with one attached hydrogen (secondary N) is 1. The van der Waals surface area contributed by atoms with Gasteiger partial charge in [-0.2, -0.15) is 0 Å². The number of β-amino-alcohol motifs (C(OH)–C–C–N with tert-alkyl or cyclic N) is 1. The smallest absolute Gasteiger partial charge is 0.146 e. The maximum absolute atomic E-state index is 14.3.